The second-order valence-electron chi connectivity index (χ2n) is 10.6. The van der Waals surface area contributed by atoms with Gasteiger partial charge in [-0.2, -0.15) is 0 Å². The van der Waals surface area contributed by atoms with Crippen LogP contribution in [0, 0.1) is 11.8 Å². The summed E-state index contributed by atoms with van der Waals surface area (Å²) in [4.78, 5) is 13.6. The summed E-state index contributed by atoms with van der Waals surface area (Å²) >= 11 is 0. The first-order valence-electron chi connectivity index (χ1n) is 13.1. The molecule has 1 aromatic carbocycles. The van der Waals surface area contributed by atoms with Gasteiger partial charge in [0.1, 0.15) is 18.1 Å². The van der Waals surface area contributed by atoms with E-state index in [0.717, 1.165) is 87.8 Å². The Hall–Kier alpha value is -2.31. The maximum Gasteiger partial charge on any atom is 0.346 e. The molecule has 34 heavy (non-hydrogen) atoms. The number of benzene rings is 1. The quantitative estimate of drug-likeness (QED) is 0.329. The van der Waals surface area contributed by atoms with Crippen LogP contribution in [0.4, 0.5) is 0 Å². The van der Waals surface area contributed by atoms with Crippen molar-refractivity contribution in [3.8, 4) is 5.75 Å². The van der Waals surface area contributed by atoms with Crippen molar-refractivity contribution < 1.29 is 28.3 Å². The van der Waals surface area contributed by atoms with E-state index in [2.05, 4.69) is 0 Å². The van der Waals surface area contributed by atoms with Crippen molar-refractivity contribution in [3.05, 3.63) is 54.5 Å². The van der Waals surface area contributed by atoms with Gasteiger partial charge in [-0.1, -0.05) is 37.5 Å². The summed E-state index contributed by atoms with van der Waals surface area (Å²) in [6.45, 7) is 4.82. The second kappa shape index (κ2) is 10.1. The van der Waals surface area contributed by atoms with E-state index in [1.807, 2.05) is 30.3 Å². The first kappa shape index (κ1) is 23.4. The number of fused-ring (bicyclic) bond motifs is 3. The summed E-state index contributed by atoms with van der Waals surface area (Å²) in [6.07, 6.45) is 9.34. The number of furan rings is 1. The molecule has 4 fully saturated rings. The van der Waals surface area contributed by atoms with Crippen molar-refractivity contribution in [2.24, 2.45) is 11.8 Å². The van der Waals surface area contributed by atoms with E-state index in [9.17, 15) is 9.90 Å². The lowest BCUT2D eigenvalue weighted by atomic mass is 9.75. The molecule has 3 saturated heterocycles. The first-order valence-corrected chi connectivity index (χ1v) is 13.1. The minimum Gasteiger partial charge on any atom is -0.493 e. The minimum atomic E-state index is -1.69. The predicted molar refractivity (Wildman–Crippen MR) is 128 cm³/mol. The Kier molecular flexibility index (Phi) is 6.98. The van der Waals surface area contributed by atoms with Gasteiger partial charge < -0.3 is 23.5 Å². The highest BCUT2D eigenvalue weighted by atomic mass is 16.6. The van der Waals surface area contributed by atoms with Crippen LogP contribution in [-0.4, -0.2) is 54.4 Å². The summed E-state index contributed by atoms with van der Waals surface area (Å²) in [5, 5.41) is 11.7. The highest BCUT2D eigenvalue weighted by Crippen LogP contribution is 2.42. The monoisotopic (exact) mass is 468 g/mol. The Morgan fingerprint density at radius 1 is 1.03 bits per heavy atom. The molecular weight excluding hydrogens is 430 g/mol. The standard InChI is InChI=1S/C28H38NO5/c30-27(28(31,26-13-7-19-33-26)23-9-3-1-4-10-23)34-25-21-29(17-14-22(25)15-18-29)16-8-20-32-24-11-5-2-6-12-24/h2,5-7,11-13,19,22-23,25,31H,1,3-4,8-10,14-18,20-21H2/q+1/t22?,25-,28+,29?/m0/s1. The summed E-state index contributed by atoms with van der Waals surface area (Å²) in [7, 11) is 0. The van der Waals surface area contributed by atoms with Crippen molar-refractivity contribution in [3.63, 3.8) is 0 Å². The van der Waals surface area contributed by atoms with E-state index in [0.29, 0.717) is 18.3 Å². The maximum atomic E-state index is 13.6. The number of piperidine rings is 3. The van der Waals surface area contributed by atoms with Crippen LogP contribution in [0.1, 0.15) is 57.1 Å². The molecule has 0 unspecified atom stereocenters. The third-order valence-corrected chi connectivity index (χ3v) is 8.49. The van der Waals surface area contributed by atoms with Gasteiger partial charge in [-0.05, 0) is 37.1 Å². The van der Waals surface area contributed by atoms with Crippen molar-refractivity contribution in [2.45, 2.75) is 63.1 Å². The first-order chi connectivity index (χ1) is 16.6. The number of esters is 1. The van der Waals surface area contributed by atoms with Crippen molar-refractivity contribution in [1.29, 1.82) is 0 Å². The summed E-state index contributed by atoms with van der Waals surface area (Å²) in [5.41, 5.74) is -1.69. The zero-order valence-corrected chi connectivity index (χ0v) is 20.1. The van der Waals surface area contributed by atoms with Gasteiger partial charge in [0.15, 0.2) is 6.10 Å². The van der Waals surface area contributed by atoms with Gasteiger partial charge in [0.2, 0.25) is 5.60 Å². The predicted octanol–water partition coefficient (Wildman–Crippen LogP) is 4.67. The molecule has 4 heterocycles. The van der Waals surface area contributed by atoms with E-state index in [1.165, 1.54) is 6.26 Å². The number of para-hydroxylation sites is 1. The van der Waals surface area contributed by atoms with Crippen LogP contribution in [0.2, 0.25) is 0 Å². The molecule has 4 aliphatic rings. The van der Waals surface area contributed by atoms with Gasteiger partial charge in [-0.25, -0.2) is 4.79 Å². The molecule has 184 valence electrons. The fraction of sp³-hybridized carbons (Fsp3) is 0.607. The second-order valence-corrected chi connectivity index (χ2v) is 10.6. The van der Waals surface area contributed by atoms with Gasteiger partial charge in [0.25, 0.3) is 0 Å². The number of carbonyl (C=O) groups excluding carboxylic acids is 1. The van der Waals surface area contributed by atoms with Crippen molar-refractivity contribution in [2.75, 3.05) is 32.8 Å². The molecule has 2 bridgehead atoms. The lowest BCUT2D eigenvalue weighted by molar-refractivity contribution is -0.946. The number of rotatable bonds is 9. The number of quaternary nitrogens is 1. The third-order valence-electron chi connectivity index (χ3n) is 8.49. The van der Waals surface area contributed by atoms with Crippen LogP contribution in [-0.2, 0) is 15.1 Å². The molecule has 1 saturated carbocycles. The van der Waals surface area contributed by atoms with Crippen LogP contribution in [0.5, 0.6) is 5.75 Å². The number of carbonyl (C=O) groups is 1. The average Bonchev–Trinajstić information content (AvgIpc) is 3.44. The SMILES string of the molecule is O=C(O[C@H]1C[N+]2(CCCOc3ccccc3)CCC1CC2)[C@](O)(c1ccco1)C1CCCCC1. The molecule has 6 nitrogen and oxygen atoms in total. The number of ether oxygens (including phenoxy) is 2. The minimum absolute atomic E-state index is 0.143. The van der Waals surface area contributed by atoms with Crippen LogP contribution >= 0.6 is 0 Å². The Bertz CT molecular complexity index is 916. The summed E-state index contributed by atoms with van der Waals surface area (Å²) in [5.74, 6) is 0.953. The van der Waals surface area contributed by atoms with Crippen molar-refractivity contribution >= 4 is 5.97 Å². The molecule has 0 radical (unpaired) electrons. The van der Waals surface area contributed by atoms with Crippen LogP contribution in [0.15, 0.2) is 53.1 Å². The Morgan fingerprint density at radius 3 is 2.50 bits per heavy atom. The van der Waals surface area contributed by atoms with Crippen molar-refractivity contribution in [1.82, 2.24) is 0 Å². The molecule has 0 spiro atoms. The smallest absolute Gasteiger partial charge is 0.346 e. The number of nitrogens with zero attached hydrogens (tertiary/aromatic N) is 1. The molecular formula is C28H38NO5+. The molecule has 2 aromatic rings. The highest BCUT2D eigenvalue weighted by molar-refractivity contribution is 5.81. The Labute approximate surface area is 202 Å². The lowest BCUT2D eigenvalue weighted by Gasteiger charge is -2.52. The Balaban J connectivity index is 1.22. The van der Waals surface area contributed by atoms with Crippen LogP contribution in [0.3, 0.4) is 0 Å². The molecule has 1 aromatic heterocycles. The van der Waals surface area contributed by atoms with Crippen LogP contribution in [0.25, 0.3) is 0 Å². The summed E-state index contributed by atoms with van der Waals surface area (Å²) < 4.78 is 18.6. The molecule has 1 aliphatic carbocycles. The van der Waals surface area contributed by atoms with Gasteiger partial charge in [-0.15, -0.1) is 0 Å². The highest BCUT2D eigenvalue weighted by Gasteiger charge is 2.53. The average molecular weight is 469 g/mol. The van der Waals surface area contributed by atoms with E-state index in [4.69, 9.17) is 13.9 Å². The molecule has 1 N–H and O–H groups in total. The Morgan fingerprint density at radius 2 is 1.79 bits per heavy atom. The van der Waals surface area contributed by atoms with Gasteiger partial charge in [0, 0.05) is 31.1 Å². The molecule has 2 atom stereocenters. The fourth-order valence-electron chi connectivity index (χ4n) is 6.49. The topological polar surface area (TPSA) is 68.9 Å². The largest absolute Gasteiger partial charge is 0.493 e. The van der Waals surface area contributed by atoms with Gasteiger partial charge >= 0.3 is 5.97 Å². The molecule has 0 amide bonds. The maximum absolute atomic E-state index is 13.6. The van der Waals surface area contributed by atoms with Gasteiger partial charge in [0.05, 0.1) is 32.5 Å². The lowest BCUT2D eigenvalue weighted by Crippen LogP contribution is -2.65. The molecule has 3 aliphatic heterocycles. The fourth-order valence-corrected chi connectivity index (χ4v) is 6.49. The van der Waals surface area contributed by atoms with E-state index in [-0.39, 0.29) is 12.0 Å². The van der Waals surface area contributed by atoms with E-state index >= 15 is 0 Å². The summed E-state index contributed by atoms with van der Waals surface area (Å²) in [6, 6.07) is 13.4. The zero-order valence-electron chi connectivity index (χ0n) is 20.1. The number of hydrogen-bond donors (Lipinski definition) is 1. The third kappa shape index (κ3) is 4.76. The zero-order chi connectivity index (χ0) is 23.4. The van der Waals surface area contributed by atoms with Gasteiger partial charge in [-0.3, -0.25) is 0 Å². The van der Waals surface area contributed by atoms with E-state index < -0.39 is 11.6 Å². The number of hydrogen-bond acceptors (Lipinski definition) is 5. The molecule has 6 heteroatoms. The van der Waals surface area contributed by atoms with E-state index in [1.54, 1.807) is 12.1 Å². The normalized spacial score (nSPS) is 28.9. The van der Waals surface area contributed by atoms with Crippen LogP contribution < -0.4 is 4.74 Å². The molecule has 6 rings (SSSR count). The number of aliphatic hydroxyl groups is 1.